The molecule has 4 nitrogen and oxygen atoms in total. The lowest BCUT2D eigenvalue weighted by molar-refractivity contribution is -0.118. The van der Waals surface area contributed by atoms with E-state index in [1.807, 2.05) is 6.07 Å². The summed E-state index contributed by atoms with van der Waals surface area (Å²) >= 11 is 0. The van der Waals surface area contributed by atoms with Crippen LogP contribution in [0.1, 0.15) is 50.5 Å². The van der Waals surface area contributed by atoms with Crippen molar-refractivity contribution in [3.05, 3.63) is 23.8 Å². The van der Waals surface area contributed by atoms with Gasteiger partial charge in [-0.25, -0.2) is 0 Å². The fourth-order valence-electron chi connectivity index (χ4n) is 2.43. The third kappa shape index (κ3) is 4.76. The van der Waals surface area contributed by atoms with Crippen LogP contribution in [-0.4, -0.2) is 12.7 Å². The van der Waals surface area contributed by atoms with E-state index in [-0.39, 0.29) is 5.91 Å². The zero-order chi connectivity index (χ0) is 14.2. The van der Waals surface area contributed by atoms with Crippen LogP contribution in [-0.2, 0) is 11.2 Å². The molecule has 0 aliphatic carbocycles. The van der Waals surface area contributed by atoms with Crippen molar-refractivity contribution in [1.29, 1.82) is 0 Å². The summed E-state index contributed by atoms with van der Waals surface area (Å²) in [4.78, 5) is 10.6. The van der Waals surface area contributed by atoms with Gasteiger partial charge in [-0.2, -0.15) is 0 Å². The number of hydrogen-bond acceptors (Lipinski definition) is 3. The molecular weight excluding hydrogens is 254 g/mol. The Morgan fingerprint density at radius 1 is 1.00 bits per heavy atom. The molecule has 0 saturated carbocycles. The minimum absolute atomic E-state index is 0.187. The molecule has 1 aliphatic heterocycles. The molecule has 0 saturated heterocycles. The molecule has 1 heterocycles. The summed E-state index contributed by atoms with van der Waals surface area (Å²) in [5.41, 5.74) is 6.41. The SMILES string of the molecule is NC(=O)CCCCCCCCc1ccc2c(c1)OCO2. The van der Waals surface area contributed by atoms with E-state index in [4.69, 9.17) is 15.2 Å². The Labute approximate surface area is 120 Å². The fraction of sp³-hybridized carbons (Fsp3) is 0.562. The second-order valence-electron chi connectivity index (χ2n) is 5.28. The van der Waals surface area contributed by atoms with E-state index in [1.54, 1.807) is 0 Å². The van der Waals surface area contributed by atoms with Gasteiger partial charge in [0.2, 0.25) is 12.7 Å². The number of aryl methyl sites for hydroxylation is 1. The average Bonchev–Trinajstić information content (AvgIpc) is 2.89. The second kappa shape index (κ2) is 7.78. The summed E-state index contributed by atoms with van der Waals surface area (Å²) in [6, 6.07) is 6.18. The first-order chi connectivity index (χ1) is 9.75. The van der Waals surface area contributed by atoms with Gasteiger partial charge in [-0.3, -0.25) is 4.79 Å². The van der Waals surface area contributed by atoms with Crippen molar-refractivity contribution in [3.8, 4) is 11.5 Å². The van der Waals surface area contributed by atoms with Gasteiger partial charge >= 0.3 is 0 Å². The molecule has 0 spiro atoms. The number of carbonyl (C=O) groups is 1. The molecular formula is C16H23NO3. The Kier molecular flexibility index (Phi) is 5.71. The van der Waals surface area contributed by atoms with Crippen LogP contribution in [0.15, 0.2) is 18.2 Å². The van der Waals surface area contributed by atoms with Crippen LogP contribution in [0.2, 0.25) is 0 Å². The maximum atomic E-state index is 10.6. The van der Waals surface area contributed by atoms with Gasteiger partial charge < -0.3 is 15.2 Å². The van der Waals surface area contributed by atoms with Crippen molar-refractivity contribution in [3.63, 3.8) is 0 Å². The summed E-state index contributed by atoms with van der Waals surface area (Å²) in [6.45, 7) is 0.337. The summed E-state index contributed by atoms with van der Waals surface area (Å²) < 4.78 is 10.7. The van der Waals surface area contributed by atoms with E-state index in [0.29, 0.717) is 13.2 Å². The average molecular weight is 277 g/mol. The van der Waals surface area contributed by atoms with Gasteiger partial charge in [0.1, 0.15) is 0 Å². The number of hydrogen-bond donors (Lipinski definition) is 1. The summed E-state index contributed by atoms with van der Waals surface area (Å²) in [7, 11) is 0. The highest BCUT2D eigenvalue weighted by molar-refractivity contribution is 5.73. The monoisotopic (exact) mass is 277 g/mol. The molecule has 1 amide bonds. The summed E-state index contributed by atoms with van der Waals surface area (Å²) in [5.74, 6) is 1.53. The van der Waals surface area contributed by atoms with Gasteiger partial charge in [-0.05, 0) is 37.0 Å². The summed E-state index contributed by atoms with van der Waals surface area (Å²) in [6.07, 6.45) is 8.47. The summed E-state index contributed by atoms with van der Waals surface area (Å²) in [5, 5.41) is 0. The highest BCUT2D eigenvalue weighted by atomic mass is 16.7. The molecule has 0 radical (unpaired) electrons. The Hall–Kier alpha value is -1.71. The molecule has 110 valence electrons. The van der Waals surface area contributed by atoms with Crippen LogP contribution < -0.4 is 15.2 Å². The van der Waals surface area contributed by atoms with E-state index in [9.17, 15) is 4.79 Å². The number of primary amides is 1. The van der Waals surface area contributed by atoms with Crippen molar-refractivity contribution in [1.82, 2.24) is 0 Å². The van der Waals surface area contributed by atoms with E-state index >= 15 is 0 Å². The highest BCUT2D eigenvalue weighted by Crippen LogP contribution is 2.32. The Morgan fingerprint density at radius 3 is 2.50 bits per heavy atom. The quantitative estimate of drug-likeness (QED) is 0.705. The van der Waals surface area contributed by atoms with Gasteiger partial charge in [0.25, 0.3) is 0 Å². The lowest BCUT2D eigenvalue weighted by atomic mass is 10.0. The molecule has 0 aromatic heterocycles. The van der Waals surface area contributed by atoms with E-state index < -0.39 is 0 Å². The van der Waals surface area contributed by atoms with Gasteiger partial charge in [-0.15, -0.1) is 0 Å². The first-order valence-electron chi connectivity index (χ1n) is 7.42. The maximum absolute atomic E-state index is 10.6. The van der Waals surface area contributed by atoms with Crippen molar-refractivity contribution < 1.29 is 14.3 Å². The molecule has 0 fully saturated rings. The number of ether oxygens (including phenoxy) is 2. The number of carbonyl (C=O) groups excluding carboxylic acids is 1. The third-order valence-corrected chi connectivity index (χ3v) is 3.58. The molecule has 0 atom stereocenters. The van der Waals surface area contributed by atoms with Crippen LogP contribution in [0, 0.1) is 0 Å². The van der Waals surface area contributed by atoms with E-state index in [1.165, 1.54) is 31.2 Å². The molecule has 20 heavy (non-hydrogen) atoms. The van der Waals surface area contributed by atoms with Gasteiger partial charge in [0, 0.05) is 6.42 Å². The molecule has 4 heteroatoms. The fourth-order valence-corrected chi connectivity index (χ4v) is 2.43. The van der Waals surface area contributed by atoms with Crippen molar-refractivity contribution in [2.45, 2.75) is 51.4 Å². The van der Waals surface area contributed by atoms with Crippen LogP contribution in [0.3, 0.4) is 0 Å². The number of unbranched alkanes of at least 4 members (excludes halogenated alkanes) is 5. The maximum Gasteiger partial charge on any atom is 0.231 e. The van der Waals surface area contributed by atoms with Crippen LogP contribution in [0.25, 0.3) is 0 Å². The Morgan fingerprint density at radius 2 is 1.70 bits per heavy atom. The van der Waals surface area contributed by atoms with Gasteiger partial charge in [0.15, 0.2) is 11.5 Å². The highest BCUT2D eigenvalue weighted by Gasteiger charge is 2.12. The lowest BCUT2D eigenvalue weighted by Crippen LogP contribution is -2.09. The topological polar surface area (TPSA) is 61.6 Å². The smallest absolute Gasteiger partial charge is 0.231 e. The predicted molar refractivity (Wildman–Crippen MR) is 77.8 cm³/mol. The second-order valence-corrected chi connectivity index (χ2v) is 5.28. The molecule has 1 aromatic rings. The van der Waals surface area contributed by atoms with Gasteiger partial charge in [-0.1, -0.05) is 31.7 Å². The Balaban J connectivity index is 1.54. The predicted octanol–water partition coefficient (Wildman–Crippen LogP) is 3.17. The number of benzene rings is 1. The number of nitrogens with two attached hydrogens (primary N) is 1. The minimum Gasteiger partial charge on any atom is -0.454 e. The molecule has 1 aliphatic rings. The van der Waals surface area contributed by atoms with Crippen molar-refractivity contribution in [2.24, 2.45) is 5.73 Å². The van der Waals surface area contributed by atoms with E-state index in [0.717, 1.165) is 30.8 Å². The zero-order valence-corrected chi connectivity index (χ0v) is 11.9. The van der Waals surface area contributed by atoms with Crippen LogP contribution in [0.5, 0.6) is 11.5 Å². The number of amides is 1. The van der Waals surface area contributed by atoms with Crippen molar-refractivity contribution in [2.75, 3.05) is 6.79 Å². The Bertz CT molecular complexity index is 445. The molecule has 1 aromatic carbocycles. The van der Waals surface area contributed by atoms with Crippen LogP contribution >= 0.6 is 0 Å². The molecule has 0 unspecified atom stereocenters. The number of rotatable bonds is 9. The van der Waals surface area contributed by atoms with Crippen molar-refractivity contribution >= 4 is 5.91 Å². The van der Waals surface area contributed by atoms with E-state index in [2.05, 4.69) is 12.1 Å². The molecule has 0 bridgehead atoms. The molecule has 2 rings (SSSR count). The van der Waals surface area contributed by atoms with Gasteiger partial charge in [0.05, 0.1) is 0 Å². The standard InChI is InChI=1S/C16H23NO3/c17-16(18)8-6-4-2-1-3-5-7-13-9-10-14-15(11-13)20-12-19-14/h9-11H,1-8,12H2,(H2,17,18). The zero-order valence-electron chi connectivity index (χ0n) is 11.9. The van der Waals surface area contributed by atoms with Crippen LogP contribution in [0.4, 0.5) is 0 Å². The first-order valence-corrected chi connectivity index (χ1v) is 7.42. The normalized spacial score (nSPS) is 12.6. The largest absolute Gasteiger partial charge is 0.454 e. The minimum atomic E-state index is -0.187. The first kappa shape index (κ1) is 14.7. The lowest BCUT2D eigenvalue weighted by Gasteiger charge is -2.04. The molecule has 2 N–H and O–H groups in total. The third-order valence-electron chi connectivity index (χ3n) is 3.58. The number of fused-ring (bicyclic) bond motifs is 1.